The summed E-state index contributed by atoms with van der Waals surface area (Å²) in [5, 5.41) is 2.98. The molecule has 27 heavy (non-hydrogen) atoms. The highest BCUT2D eigenvalue weighted by molar-refractivity contribution is 5.74. The average molecular weight is 369 g/mol. The lowest BCUT2D eigenvalue weighted by molar-refractivity contribution is 0.0642. The molecule has 3 rings (SSSR count). The molecule has 7 heteroatoms. The van der Waals surface area contributed by atoms with E-state index in [2.05, 4.69) is 32.3 Å². The van der Waals surface area contributed by atoms with E-state index in [-0.39, 0.29) is 12.1 Å². The molecular formula is C20H27N5O2. The van der Waals surface area contributed by atoms with Crippen molar-refractivity contribution in [1.82, 2.24) is 20.2 Å². The molecule has 1 aromatic carbocycles. The maximum Gasteiger partial charge on any atom is 0.317 e. The van der Waals surface area contributed by atoms with Gasteiger partial charge in [0.2, 0.25) is 0 Å². The summed E-state index contributed by atoms with van der Waals surface area (Å²) < 4.78 is 5.83. The summed E-state index contributed by atoms with van der Waals surface area (Å²) in [6, 6.07) is 10.1. The molecule has 0 spiro atoms. The van der Waals surface area contributed by atoms with Gasteiger partial charge >= 0.3 is 6.03 Å². The number of nitrogens with one attached hydrogen (secondary N) is 1. The first-order valence-electron chi connectivity index (χ1n) is 9.44. The van der Waals surface area contributed by atoms with E-state index in [1.54, 1.807) is 18.6 Å². The number of amides is 2. The number of piperazine rings is 1. The fraction of sp³-hybridized carbons (Fsp3) is 0.450. The van der Waals surface area contributed by atoms with Gasteiger partial charge < -0.3 is 19.9 Å². The summed E-state index contributed by atoms with van der Waals surface area (Å²) in [5.41, 5.74) is 1.17. The SMILES string of the molecule is C[C@@H](OCCCNC(=O)N1CCN(c2cnccn2)CC1)c1ccccc1. The van der Waals surface area contributed by atoms with Crippen LogP contribution >= 0.6 is 0 Å². The van der Waals surface area contributed by atoms with Crippen molar-refractivity contribution >= 4 is 11.8 Å². The van der Waals surface area contributed by atoms with Crippen LogP contribution in [0.3, 0.4) is 0 Å². The van der Waals surface area contributed by atoms with Crippen LogP contribution in [0.25, 0.3) is 0 Å². The Labute approximate surface area is 160 Å². The monoisotopic (exact) mass is 369 g/mol. The van der Waals surface area contributed by atoms with Crippen LogP contribution in [0.1, 0.15) is 25.0 Å². The smallest absolute Gasteiger partial charge is 0.317 e. The largest absolute Gasteiger partial charge is 0.374 e. The van der Waals surface area contributed by atoms with E-state index in [0.29, 0.717) is 26.2 Å². The first-order valence-corrected chi connectivity index (χ1v) is 9.44. The highest BCUT2D eigenvalue weighted by Gasteiger charge is 2.21. The van der Waals surface area contributed by atoms with Gasteiger partial charge in [-0.05, 0) is 18.9 Å². The van der Waals surface area contributed by atoms with Crippen molar-refractivity contribution < 1.29 is 9.53 Å². The number of carbonyl (C=O) groups is 1. The molecule has 1 fully saturated rings. The topological polar surface area (TPSA) is 70.6 Å². The predicted octanol–water partition coefficient (Wildman–Crippen LogP) is 2.48. The zero-order valence-corrected chi connectivity index (χ0v) is 15.8. The third-order valence-corrected chi connectivity index (χ3v) is 4.67. The number of carbonyl (C=O) groups excluding carboxylic acids is 1. The predicted molar refractivity (Wildman–Crippen MR) is 105 cm³/mol. The van der Waals surface area contributed by atoms with Gasteiger partial charge in [0, 0.05) is 51.7 Å². The summed E-state index contributed by atoms with van der Waals surface area (Å²) in [7, 11) is 0. The molecule has 1 atom stereocenters. The number of rotatable bonds is 7. The van der Waals surface area contributed by atoms with Gasteiger partial charge in [-0.25, -0.2) is 9.78 Å². The van der Waals surface area contributed by atoms with Gasteiger partial charge in [-0.1, -0.05) is 30.3 Å². The average Bonchev–Trinajstić information content (AvgIpc) is 2.74. The van der Waals surface area contributed by atoms with Crippen LogP contribution in [0, 0.1) is 0 Å². The van der Waals surface area contributed by atoms with Crippen LogP contribution in [-0.2, 0) is 4.74 Å². The molecule has 1 aromatic heterocycles. The minimum absolute atomic E-state index is 0.00935. The molecule has 7 nitrogen and oxygen atoms in total. The van der Waals surface area contributed by atoms with Crippen LogP contribution in [0.2, 0.25) is 0 Å². The second-order valence-electron chi connectivity index (χ2n) is 6.55. The standard InChI is InChI=1S/C20H27N5O2/c1-17(18-6-3-2-4-7-18)27-15-5-8-23-20(26)25-13-11-24(12-14-25)19-16-21-9-10-22-19/h2-4,6-7,9-10,16-17H,5,8,11-15H2,1H3,(H,23,26)/t17-/m1/s1. The van der Waals surface area contributed by atoms with E-state index in [0.717, 1.165) is 25.3 Å². The van der Waals surface area contributed by atoms with Crippen LogP contribution in [0.4, 0.5) is 10.6 Å². The molecule has 2 heterocycles. The Bertz CT molecular complexity index is 690. The van der Waals surface area contributed by atoms with E-state index in [1.165, 1.54) is 5.56 Å². The van der Waals surface area contributed by atoms with Crippen LogP contribution in [0.15, 0.2) is 48.9 Å². The maximum atomic E-state index is 12.3. The van der Waals surface area contributed by atoms with Gasteiger partial charge in [-0.3, -0.25) is 4.98 Å². The Balaban J connectivity index is 1.30. The van der Waals surface area contributed by atoms with Crippen molar-refractivity contribution in [2.75, 3.05) is 44.2 Å². The molecular weight excluding hydrogens is 342 g/mol. The van der Waals surface area contributed by atoms with Gasteiger partial charge in [0.15, 0.2) is 0 Å². The zero-order valence-electron chi connectivity index (χ0n) is 15.8. The van der Waals surface area contributed by atoms with E-state index >= 15 is 0 Å². The van der Waals surface area contributed by atoms with Crippen LogP contribution < -0.4 is 10.2 Å². The lowest BCUT2D eigenvalue weighted by Crippen LogP contribution is -2.52. The van der Waals surface area contributed by atoms with Crippen LogP contribution in [0.5, 0.6) is 0 Å². The Kier molecular flexibility index (Phi) is 6.98. The number of ether oxygens (including phenoxy) is 1. The van der Waals surface area contributed by atoms with Gasteiger partial charge in [0.05, 0.1) is 12.3 Å². The highest BCUT2D eigenvalue weighted by Crippen LogP contribution is 2.15. The molecule has 1 saturated heterocycles. The number of aromatic nitrogens is 2. The molecule has 0 unspecified atom stereocenters. The minimum Gasteiger partial charge on any atom is -0.374 e. The lowest BCUT2D eigenvalue weighted by Gasteiger charge is -2.35. The molecule has 1 aliphatic heterocycles. The van der Waals surface area contributed by atoms with Gasteiger partial charge in [-0.15, -0.1) is 0 Å². The van der Waals surface area contributed by atoms with Crippen molar-refractivity contribution in [2.24, 2.45) is 0 Å². The van der Waals surface area contributed by atoms with Gasteiger partial charge in [-0.2, -0.15) is 0 Å². The zero-order chi connectivity index (χ0) is 18.9. The Morgan fingerprint density at radius 3 is 2.67 bits per heavy atom. The van der Waals surface area contributed by atoms with E-state index < -0.39 is 0 Å². The van der Waals surface area contributed by atoms with Crippen molar-refractivity contribution in [1.29, 1.82) is 0 Å². The van der Waals surface area contributed by atoms with E-state index in [4.69, 9.17) is 4.74 Å². The Morgan fingerprint density at radius 2 is 1.96 bits per heavy atom. The quantitative estimate of drug-likeness (QED) is 0.759. The fourth-order valence-corrected chi connectivity index (χ4v) is 3.05. The minimum atomic E-state index is -0.00935. The van der Waals surface area contributed by atoms with E-state index in [9.17, 15) is 4.79 Å². The highest BCUT2D eigenvalue weighted by atomic mass is 16.5. The number of hydrogen-bond acceptors (Lipinski definition) is 5. The molecule has 0 bridgehead atoms. The van der Waals surface area contributed by atoms with Gasteiger partial charge in [0.1, 0.15) is 5.82 Å². The molecule has 1 N–H and O–H groups in total. The molecule has 0 aliphatic carbocycles. The summed E-state index contributed by atoms with van der Waals surface area (Å²) >= 11 is 0. The second kappa shape index (κ2) is 9.87. The molecule has 0 radical (unpaired) electrons. The Hall–Kier alpha value is -2.67. The number of hydrogen-bond donors (Lipinski definition) is 1. The van der Waals surface area contributed by atoms with Gasteiger partial charge in [0.25, 0.3) is 0 Å². The fourth-order valence-electron chi connectivity index (χ4n) is 3.05. The van der Waals surface area contributed by atoms with Crippen molar-refractivity contribution in [3.8, 4) is 0 Å². The maximum absolute atomic E-state index is 12.3. The number of anilines is 1. The Morgan fingerprint density at radius 1 is 1.19 bits per heavy atom. The first-order chi connectivity index (χ1) is 13.2. The number of urea groups is 1. The number of benzene rings is 1. The molecule has 144 valence electrons. The third-order valence-electron chi connectivity index (χ3n) is 4.67. The first kappa shape index (κ1) is 19.1. The van der Waals surface area contributed by atoms with E-state index in [1.807, 2.05) is 30.0 Å². The molecule has 0 saturated carbocycles. The number of nitrogens with zero attached hydrogens (tertiary/aromatic N) is 4. The summed E-state index contributed by atoms with van der Waals surface area (Å²) in [6.45, 7) is 6.19. The normalized spacial score (nSPS) is 15.4. The van der Waals surface area contributed by atoms with Crippen LogP contribution in [-0.4, -0.2) is 60.2 Å². The molecule has 1 aliphatic rings. The third kappa shape index (κ3) is 5.65. The summed E-state index contributed by atoms with van der Waals surface area (Å²) in [5.74, 6) is 0.863. The summed E-state index contributed by atoms with van der Waals surface area (Å²) in [4.78, 5) is 24.7. The molecule has 2 amide bonds. The van der Waals surface area contributed by atoms with Crippen molar-refractivity contribution in [3.05, 3.63) is 54.5 Å². The summed E-state index contributed by atoms with van der Waals surface area (Å²) in [6.07, 6.45) is 5.97. The second-order valence-corrected chi connectivity index (χ2v) is 6.55. The van der Waals surface area contributed by atoms with Crippen molar-refractivity contribution in [2.45, 2.75) is 19.4 Å². The molecule has 2 aromatic rings. The van der Waals surface area contributed by atoms with Crippen molar-refractivity contribution in [3.63, 3.8) is 0 Å². The lowest BCUT2D eigenvalue weighted by atomic mass is 10.1.